The molecule has 1 aromatic carbocycles. The van der Waals surface area contributed by atoms with Crippen molar-refractivity contribution >= 4 is 0 Å². The van der Waals surface area contributed by atoms with Crippen molar-refractivity contribution < 1.29 is 14.2 Å². The molecule has 1 aromatic rings. The summed E-state index contributed by atoms with van der Waals surface area (Å²) < 4.78 is 15.9. The minimum Gasteiger partial charge on any atom is -0.496 e. The summed E-state index contributed by atoms with van der Waals surface area (Å²) in [6.07, 6.45) is 0. The van der Waals surface area contributed by atoms with Crippen LogP contribution in [0.5, 0.6) is 17.2 Å². The fourth-order valence-electron chi connectivity index (χ4n) is 1.60. The summed E-state index contributed by atoms with van der Waals surface area (Å²) in [6, 6.07) is 5.77. The van der Waals surface area contributed by atoms with Crippen molar-refractivity contribution in [1.82, 2.24) is 5.32 Å². The lowest BCUT2D eigenvalue weighted by Gasteiger charge is -2.20. The summed E-state index contributed by atoms with van der Waals surface area (Å²) in [5, 5.41) is 12.2. The molecule has 19 heavy (non-hydrogen) atoms. The van der Waals surface area contributed by atoms with Crippen LogP contribution in [0.2, 0.25) is 0 Å². The average Bonchev–Trinajstić information content (AvgIpc) is 2.44. The van der Waals surface area contributed by atoms with E-state index in [-0.39, 0.29) is 0 Å². The van der Waals surface area contributed by atoms with Gasteiger partial charge in [0.2, 0.25) is 0 Å². The van der Waals surface area contributed by atoms with Crippen molar-refractivity contribution in [3.63, 3.8) is 0 Å². The molecule has 0 spiro atoms. The maximum absolute atomic E-state index is 9.01. The third kappa shape index (κ3) is 3.76. The highest BCUT2D eigenvalue weighted by molar-refractivity contribution is 5.50. The second-order valence-corrected chi connectivity index (χ2v) is 4.60. The van der Waals surface area contributed by atoms with Gasteiger partial charge < -0.3 is 14.2 Å². The maximum atomic E-state index is 9.01. The number of nitrogens with one attached hydrogen (secondary N) is 1. The van der Waals surface area contributed by atoms with E-state index in [0.717, 1.165) is 5.56 Å². The van der Waals surface area contributed by atoms with Crippen LogP contribution in [0.1, 0.15) is 19.4 Å². The predicted molar refractivity (Wildman–Crippen MR) is 72.6 cm³/mol. The van der Waals surface area contributed by atoms with E-state index in [2.05, 4.69) is 11.4 Å². The number of nitrogens with zero attached hydrogens (tertiary/aromatic N) is 1. The van der Waals surface area contributed by atoms with Gasteiger partial charge in [0.15, 0.2) is 0 Å². The molecule has 0 radical (unpaired) electrons. The van der Waals surface area contributed by atoms with Crippen molar-refractivity contribution in [2.45, 2.75) is 25.9 Å². The standard InChI is InChI=1S/C14H20N2O3/c1-14(2,9-15)16-8-11-12(18-4)6-10(17-3)7-13(11)19-5/h6-7,16H,8H2,1-5H3. The molecule has 5 heteroatoms. The van der Waals surface area contributed by atoms with E-state index >= 15 is 0 Å². The molecule has 0 amide bonds. The molecule has 0 aromatic heterocycles. The van der Waals surface area contributed by atoms with Gasteiger partial charge in [-0.3, -0.25) is 5.32 Å². The van der Waals surface area contributed by atoms with Crippen molar-refractivity contribution in [3.8, 4) is 23.3 Å². The molecule has 0 saturated heterocycles. The van der Waals surface area contributed by atoms with Gasteiger partial charge in [0.25, 0.3) is 0 Å². The molecule has 5 nitrogen and oxygen atoms in total. The first-order valence-corrected chi connectivity index (χ1v) is 5.92. The van der Waals surface area contributed by atoms with E-state index in [1.165, 1.54) is 0 Å². The molecule has 0 saturated carbocycles. The SMILES string of the molecule is COc1cc(OC)c(CNC(C)(C)C#N)c(OC)c1. The molecule has 1 rings (SSSR count). The lowest BCUT2D eigenvalue weighted by Crippen LogP contribution is -2.37. The number of ether oxygens (including phenoxy) is 3. The fraction of sp³-hybridized carbons (Fsp3) is 0.500. The third-order valence-electron chi connectivity index (χ3n) is 2.80. The molecular formula is C14H20N2O3. The Hall–Kier alpha value is -1.93. The Morgan fingerprint density at radius 2 is 1.63 bits per heavy atom. The van der Waals surface area contributed by atoms with E-state index in [1.54, 1.807) is 33.5 Å². The summed E-state index contributed by atoms with van der Waals surface area (Å²) in [7, 11) is 4.77. The van der Waals surface area contributed by atoms with E-state index in [4.69, 9.17) is 19.5 Å². The van der Waals surface area contributed by atoms with Gasteiger partial charge in [-0.1, -0.05) is 0 Å². The normalized spacial score (nSPS) is 10.7. The first kappa shape index (κ1) is 15.1. The molecule has 0 bridgehead atoms. The first-order valence-electron chi connectivity index (χ1n) is 5.92. The summed E-state index contributed by atoms with van der Waals surface area (Å²) in [4.78, 5) is 0. The fourth-order valence-corrected chi connectivity index (χ4v) is 1.60. The number of nitriles is 1. The van der Waals surface area contributed by atoms with Gasteiger partial charge in [0, 0.05) is 18.7 Å². The molecule has 0 unspecified atom stereocenters. The number of hydrogen-bond donors (Lipinski definition) is 1. The van der Waals surface area contributed by atoms with Crippen LogP contribution in [-0.2, 0) is 6.54 Å². The number of hydrogen-bond acceptors (Lipinski definition) is 5. The zero-order chi connectivity index (χ0) is 14.5. The van der Waals surface area contributed by atoms with E-state index in [9.17, 15) is 0 Å². The van der Waals surface area contributed by atoms with Gasteiger partial charge in [-0.05, 0) is 13.8 Å². The van der Waals surface area contributed by atoms with Crippen molar-refractivity contribution in [2.75, 3.05) is 21.3 Å². The van der Waals surface area contributed by atoms with Crippen LogP contribution in [0.15, 0.2) is 12.1 Å². The van der Waals surface area contributed by atoms with E-state index in [0.29, 0.717) is 23.8 Å². The highest BCUT2D eigenvalue weighted by Crippen LogP contribution is 2.34. The molecule has 0 heterocycles. The number of rotatable bonds is 6. The van der Waals surface area contributed by atoms with Gasteiger partial charge in [-0.25, -0.2) is 0 Å². The largest absolute Gasteiger partial charge is 0.496 e. The van der Waals surface area contributed by atoms with Crippen molar-refractivity contribution in [1.29, 1.82) is 5.26 Å². The second-order valence-electron chi connectivity index (χ2n) is 4.60. The van der Waals surface area contributed by atoms with Crippen LogP contribution in [0.3, 0.4) is 0 Å². The molecule has 0 aliphatic carbocycles. The summed E-state index contributed by atoms with van der Waals surface area (Å²) in [5.74, 6) is 1.99. The Bertz CT molecular complexity index is 453. The molecule has 0 aliphatic rings. The summed E-state index contributed by atoms with van der Waals surface area (Å²) >= 11 is 0. The van der Waals surface area contributed by atoms with Crippen LogP contribution in [0.25, 0.3) is 0 Å². The number of benzene rings is 1. The second kappa shape index (κ2) is 6.30. The smallest absolute Gasteiger partial charge is 0.130 e. The quantitative estimate of drug-likeness (QED) is 0.852. The van der Waals surface area contributed by atoms with Crippen molar-refractivity contribution in [3.05, 3.63) is 17.7 Å². The molecule has 1 N–H and O–H groups in total. The predicted octanol–water partition coefficient (Wildman–Crippen LogP) is 2.10. The van der Waals surface area contributed by atoms with E-state index in [1.807, 2.05) is 13.8 Å². The van der Waals surface area contributed by atoms with E-state index < -0.39 is 5.54 Å². The summed E-state index contributed by atoms with van der Waals surface area (Å²) in [5.41, 5.74) is 0.241. The summed E-state index contributed by atoms with van der Waals surface area (Å²) in [6.45, 7) is 4.10. The van der Waals surface area contributed by atoms with Gasteiger partial charge in [0.1, 0.15) is 22.8 Å². The minimum atomic E-state index is -0.615. The maximum Gasteiger partial charge on any atom is 0.130 e. The molecule has 0 fully saturated rings. The number of methoxy groups -OCH3 is 3. The minimum absolute atomic E-state index is 0.469. The Kier molecular flexibility index (Phi) is 5.02. The average molecular weight is 264 g/mol. The molecule has 0 aliphatic heterocycles. The van der Waals surface area contributed by atoms with Gasteiger partial charge >= 0.3 is 0 Å². The zero-order valence-electron chi connectivity index (χ0n) is 12.0. The van der Waals surface area contributed by atoms with Crippen molar-refractivity contribution in [2.24, 2.45) is 0 Å². The Morgan fingerprint density at radius 3 is 2.00 bits per heavy atom. The van der Waals surface area contributed by atoms with Crippen LogP contribution >= 0.6 is 0 Å². The Morgan fingerprint density at radius 1 is 1.11 bits per heavy atom. The highest BCUT2D eigenvalue weighted by Gasteiger charge is 2.19. The zero-order valence-corrected chi connectivity index (χ0v) is 12.0. The van der Waals surface area contributed by atoms with Gasteiger partial charge in [0.05, 0.1) is 33.0 Å². The first-order chi connectivity index (χ1) is 8.97. The van der Waals surface area contributed by atoms with Gasteiger partial charge in [-0.15, -0.1) is 0 Å². The third-order valence-corrected chi connectivity index (χ3v) is 2.80. The molecule has 104 valence electrons. The van der Waals surface area contributed by atoms with Crippen LogP contribution in [-0.4, -0.2) is 26.9 Å². The lowest BCUT2D eigenvalue weighted by molar-refractivity contribution is 0.362. The van der Waals surface area contributed by atoms with Crippen LogP contribution < -0.4 is 19.5 Å². The Labute approximate surface area is 114 Å². The highest BCUT2D eigenvalue weighted by atomic mass is 16.5. The van der Waals surface area contributed by atoms with Crippen LogP contribution in [0.4, 0.5) is 0 Å². The molecular weight excluding hydrogens is 244 g/mol. The lowest BCUT2D eigenvalue weighted by atomic mass is 10.1. The monoisotopic (exact) mass is 264 g/mol. The van der Waals surface area contributed by atoms with Crippen LogP contribution in [0, 0.1) is 11.3 Å². The topological polar surface area (TPSA) is 63.5 Å². The molecule has 0 atom stereocenters. The van der Waals surface area contributed by atoms with Gasteiger partial charge in [-0.2, -0.15) is 5.26 Å². The Balaban J connectivity index is 3.08.